The smallest absolute Gasteiger partial charge is 0.224 e. The predicted octanol–water partition coefficient (Wildman–Crippen LogP) is 3.07. The Hall–Kier alpha value is -1.26. The molecular formula is C14H19ClN2O2. The highest BCUT2D eigenvalue weighted by molar-refractivity contribution is 6.33. The van der Waals surface area contributed by atoms with Gasteiger partial charge in [0.1, 0.15) is 0 Å². The fraction of sp³-hybridized carbons (Fsp3) is 0.500. The summed E-state index contributed by atoms with van der Waals surface area (Å²) >= 11 is 5.91. The predicted molar refractivity (Wildman–Crippen MR) is 77.3 cm³/mol. The SMILES string of the molecule is Nc1ccc(NC(=O)CCC2CCOCC2)cc1Cl. The van der Waals surface area contributed by atoms with Crippen molar-refractivity contribution in [2.24, 2.45) is 5.92 Å². The van der Waals surface area contributed by atoms with E-state index < -0.39 is 0 Å². The molecule has 0 saturated carbocycles. The van der Waals surface area contributed by atoms with E-state index in [0.717, 1.165) is 32.5 Å². The van der Waals surface area contributed by atoms with Gasteiger partial charge in [-0.3, -0.25) is 4.79 Å². The van der Waals surface area contributed by atoms with Crippen LogP contribution in [0.25, 0.3) is 0 Å². The summed E-state index contributed by atoms with van der Waals surface area (Å²) < 4.78 is 5.30. The molecule has 5 heteroatoms. The second-order valence-corrected chi connectivity index (χ2v) is 5.29. The zero-order valence-electron chi connectivity index (χ0n) is 10.8. The first-order valence-corrected chi connectivity index (χ1v) is 6.95. The van der Waals surface area contributed by atoms with Crippen LogP contribution < -0.4 is 11.1 Å². The number of halogens is 1. The van der Waals surface area contributed by atoms with E-state index in [1.54, 1.807) is 18.2 Å². The standard InChI is InChI=1S/C14H19ClN2O2/c15-12-9-11(2-3-13(12)16)17-14(18)4-1-10-5-7-19-8-6-10/h2-3,9-10H,1,4-8,16H2,(H,17,18). The minimum atomic E-state index is 0.0207. The molecule has 1 aromatic carbocycles. The van der Waals surface area contributed by atoms with Crippen LogP contribution in [-0.4, -0.2) is 19.1 Å². The molecule has 2 rings (SSSR count). The number of hydrogen-bond acceptors (Lipinski definition) is 3. The second kappa shape index (κ2) is 6.78. The summed E-state index contributed by atoms with van der Waals surface area (Å²) in [5.41, 5.74) is 6.83. The second-order valence-electron chi connectivity index (χ2n) is 4.88. The van der Waals surface area contributed by atoms with Gasteiger partial charge in [0.2, 0.25) is 5.91 Å². The third-order valence-electron chi connectivity index (χ3n) is 3.40. The number of nitrogen functional groups attached to an aromatic ring is 1. The van der Waals surface area contributed by atoms with Gasteiger partial charge in [0, 0.05) is 25.3 Å². The molecule has 3 N–H and O–H groups in total. The number of rotatable bonds is 4. The molecule has 1 heterocycles. The number of benzene rings is 1. The van der Waals surface area contributed by atoms with E-state index in [1.165, 1.54) is 0 Å². The molecule has 19 heavy (non-hydrogen) atoms. The monoisotopic (exact) mass is 282 g/mol. The van der Waals surface area contributed by atoms with E-state index in [9.17, 15) is 4.79 Å². The molecule has 0 aromatic heterocycles. The van der Waals surface area contributed by atoms with Crippen molar-refractivity contribution in [3.8, 4) is 0 Å². The summed E-state index contributed by atoms with van der Waals surface area (Å²) in [5.74, 6) is 0.627. The lowest BCUT2D eigenvalue weighted by atomic mass is 9.95. The van der Waals surface area contributed by atoms with Gasteiger partial charge in [0.15, 0.2) is 0 Å². The van der Waals surface area contributed by atoms with Gasteiger partial charge in [-0.25, -0.2) is 0 Å². The molecule has 104 valence electrons. The first-order chi connectivity index (χ1) is 9.15. The van der Waals surface area contributed by atoms with Crippen LogP contribution in [0.1, 0.15) is 25.7 Å². The maximum Gasteiger partial charge on any atom is 0.224 e. The number of anilines is 2. The van der Waals surface area contributed by atoms with Crippen molar-refractivity contribution < 1.29 is 9.53 Å². The molecule has 0 aliphatic carbocycles. The van der Waals surface area contributed by atoms with Crippen molar-refractivity contribution in [2.75, 3.05) is 24.3 Å². The minimum absolute atomic E-state index is 0.0207. The van der Waals surface area contributed by atoms with E-state index in [1.807, 2.05) is 0 Å². The first kappa shape index (κ1) is 14.2. The summed E-state index contributed by atoms with van der Waals surface area (Å²) in [6, 6.07) is 5.12. The lowest BCUT2D eigenvalue weighted by Gasteiger charge is -2.21. The van der Waals surface area contributed by atoms with Gasteiger partial charge in [-0.2, -0.15) is 0 Å². The molecule has 1 aliphatic heterocycles. The third-order valence-corrected chi connectivity index (χ3v) is 3.73. The van der Waals surface area contributed by atoms with Crippen LogP contribution >= 0.6 is 11.6 Å². The first-order valence-electron chi connectivity index (χ1n) is 6.58. The van der Waals surface area contributed by atoms with E-state index in [0.29, 0.717) is 28.7 Å². The number of hydrogen-bond donors (Lipinski definition) is 2. The molecule has 0 unspecified atom stereocenters. The lowest BCUT2D eigenvalue weighted by Crippen LogP contribution is -2.18. The average molecular weight is 283 g/mol. The fourth-order valence-corrected chi connectivity index (χ4v) is 2.38. The van der Waals surface area contributed by atoms with Crippen molar-refractivity contribution >= 4 is 28.9 Å². The van der Waals surface area contributed by atoms with Gasteiger partial charge in [-0.1, -0.05) is 11.6 Å². The Bertz CT molecular complexity index is 445. The van der Waals surface area contributed by atoms with Crippen molar-refractivity contribution in [3.63, 3.8) is 0 Å². The molecule has 0 bridgehead atoms. The minimum Gasteiger partial charge on any atom is -0.398 e. The van der Waals surface area contributed by atoms with E-state index in [2.05, 4.69) is 5.32 Å². The summed E-state index contributed by atoms with van der Waals surface area (Å²) in [7, 11) is 0. The molecule has 1 saturated heterocycles. The maximum absolute atomic E-state index is 11.8. The summed E-state index contributed by atoms with van der Waals surface area (Å²) in [5, 5.41) is 3.30. The Morgan fingerprint density at radius 1 is 1.42 bits per heavy atom. The van der Waals surface area contributed by atoms with Gasteiger partial charge >= 0.3 is 0 Å². The number of amides is 1. The zero-order chi connectivity index (χ0) is 13.7. The van der Waals surface area contributed by atoms with Gasteiger partial charge < -0.3 is 15.8 Å². The Kier molecular flexibility index (Phi) is 5.05. The molecule has 1 amide bonds. The summed E-state index contributed by atoms with van der Waals surface area (Å²) in [4.78, 5) is 11.8. The zero-order valence-corrected chi connectivity index (χ0v) is 11.6. The van der Waals surface area contributed by atoms with Crippen molar-refractivity contribution in [3.05, 3.63) is 23.2 Å². The van der Waals surface area contributed by atoms with Crippen LogP contribution in [0.4, 0.5) is 11.4 Å². The maximum atomic E-state index is 11.8. The van der Waals surface area contributed by atoms with E-state index >= 15 is 0 Å². The van der Waals surface area contributed by atoms with E-state index in [4.69, 9.17) is 22.1 Å². The highest BCUT2D eigenvalue weighted by Crippen LogP contribution is 2.23. The molecule has 1 aliphatic rings. The third kappa shape index (κ3) is 4.40. The number of carbonyl (C=O) groups excluding carboxylic acids is 1. The quantitative estimate of drug-likeness (QED) is 0.834. The number of nitrogens with one attached hydrogen (secondary N) is 1. The van der Waals surface area contributed by atoms with Gasteiger partial charge in [-0.05, 0) is 43.4 Å². The van der Waals surface area contributed by atoms with Crippen LogP contribution in [0.3, 0.4) is 0 Å². The number of ether oxygens (including phenoxy) is 1. The van der Waals surface area contributed by atoms with Crippen LogP contribution in [0.5, 0.6) is 0 Å². The highest BCUT2D eigenvalue weighted by Gasteiger charge is 2.15. The van der Waals surface area contributed by atoms with Crippen LogP contribution in [0.15, 0.2) is 18.2 Å². The van der Waals surface area contributed by atoms with Crippen molar-refractivity contribution in [2.45, 2.75) is 25.7 Å². The Morgan fingerprint density at radius 2 is 2.16 bits per heavy atom. The fourth-order valence-electron chi connectivity index (χ4n) is 2.20. The largest absolute Gasteiger partial charge is 0.398 e. The molecule has 1 aromatic rings. The summed E-state index contributed by atoms with van der Waals surface area (Å²) in [6.07, 6.45) is 3.56. The Labute approximate surface area is 118 Å². The topological polar surface area (TPSA) is 64.3 Å². The summed E-state index contributed by atoms with van der Waals surface area (Å²) in [6.45, 7) is 1.64. The molecule has 0 atom stereocenters. The molecule has 1 fully saturated rings. The molecule has 0 radical (unpaired) electrons. The normalized spacial score (nSPS) is 16.3. The molecular weight excluding hydrogens is 264 g/mol. The lowest BCUT2D eigenvalue weighted by molar-refractivity contribution is -0.116. The van der Waals surface area contributed by atoms with Crippen molar-refractivity contribution in [1.82, 2.24) is 0 Å². The highest BCUT2D eigenvalue weighted by atomic mass is 35.5. The van der Waals surface area contributed by atoms with Crippen LogP contribution in [-0.2, 0) is 9.53 Å². The van der Waals surface area contributed by atoms with Crippen LogP contribution in [0.2, 0.25) is 5.02 Å². The number of carbonyl (C=O) groups is 1. The van der Waals surface area contributed by atoms with E-state index in [-0.39, 0.29) is 5.91 Å². The number of nitrogens with two attached hydrogens (primary N) is 1. The van der Waals surface area contributed by atoms with Crippen molar-refractivity contribution in [1.29, 1.82) is 0 Å². The molecule has 4 nitrogen and oxygen atoms in total. The van der Waals surface area contributed by atoms with Gasteiger partial charge in [-0.15, -0.1) is 0 Å². The average Bonchev–Trinajstić information content (AvgIpc) is 2.42. The Balaban J connectivity index is 1.78. The Morgan fingerprint density at radius 3 is 2.84 bits per heavy atom. The van der Waals surface area contributed by atoms with Crippen LogP contribution in [0, 0.1) is 5.92 Å². The van der Waals surface area contributed by atoms with Gasteiger partial charge in [0.05, 0.1) is 10.7 Å². The van der Waals surface area contributed by atoms with Gasteiger partial charge in [0.25, 0.3) is 0 Å². The molecule has 0 spiro atoms.